The zero-order chi connectivity index (χ0) is 23.2. The molecular formula is C30H40F2O. The molecule has 0 spiro atoms. The molecule has 0 aliphatic heterocycles. The summed E-state index contributed by atoms with van der Waals surface area (Å²) in [5, 5.41) is 0. The SMILES string of the molecule is CCCCCCCC1CC[C@@H]2C[C@H](c3cc(F)c(-c4ccc(OC)cc4)c(F)c3)CC[C@@H]2C1. The number of halogens is 2. The molecule has 0 amide bonds. The van der Waals surface area contributed by atoms with Crippen LogP contribution in [0.1, 0.15) is 95.5 Å². The minimum absolute atomic E-state index is 0.0644. The van der Waals surface area contributed by atoms with Crippen LogP contribution in [0.15, 0.2) is 36.4 Å². The molecule has 2 saturated carbocycles. The zero-order valence-corrected chi connectivity index (χ0v) is 20.4. The van der Waals surface area contributed by atoms with E-state index in [0.717, 1.165) is 36.2 Å². The lowest BCUT2D eigenvalue weighted by molar-refractivity contribution is 0.113. The topological polar surface area (TPSA) is 9.23 Å². The van der Waals surface area contributed by atoms with Crippen LogP contribution in [0.5, 0.6) is 5.75 Å². The molecule has 0 saturated heterocycles. The molecule has 2 fully saturated rings. The summed E-state index contributed by atoms with van der Waals surface area (Å²) in [7, 11) is 1.58. The maximum atomic E-state index is 15.0. The maximum absolute atomic E-state index is 15.0. The van der Waals surface area contributed by atoms with Crippen LogP contribution < -0.4 is 4.74 Å². The second kappa shape index (κ2) is 11.5. The molecule has 1 nitrogen and oxygen atoms in total. The van der Waals surface area contributed by atoms with Gasteiger partial charge in [0.15, 0.2) is 0 Å². The van der Waals surface area contributed by atoms with Crippen LogP contribution in [0.4, 0.5) is 8.78 Å². The van der Waals surface area contributed by atoms with Gasteiger partial charge in [0, 0.05) is 0 Å². The second-order valence-corrected chi connectivity index (χ2v) is 10.5. The van der Waals surface area contributed by atoms with E-state index in [0.29, 0.717) is 11.3 Å². The van der Waals surface area contributed by atoms with Gasteiger partial charge < -0.3 is 4.74 Å². The van der Waals surface area contributed by atoms with Gasteiger partial charge in [-0.15, -0.1) is 0 Å². The fourth-order valence-electron chi connectivity index (χ4n) is 6.45. The molecule has 2 aromatic carbocycles. The van der Waals surface area contributed by atoms with Crippen LogP contribution in [-0.4, -0.2) is 7.11 Å². The molecule has 1 unspecified atom stereocenters. The van der Waals surface area contributed by atoms with Crippen LogP contribution in [0, 0.1) is 29.4 Å². The Hall–Kier alpha value is -1.90. The van der Waals surface area contributed by atoms with E-state index in [4.69, 9.17) is 4.74 Å². The number of hydrogen-bond donors (Lipinski definition) is 0. The average molecular weight is 455 g/mol. The van der Waals surface area contributed by atoms with Gasteiger partial charge in [-0.1, -0.05) is 64.0 Å². The number of rotatable bonds is 9. The normalized spacial score (nSPS) is 25.0. The number of unbranched alkanes of at least 4 members (excludes halogenated alkanes) is 4. The Morgan fingerprint density at radius 1 is 0.818 bits per heavy atom. The van der Waals surface area contributed by atoms with Gasteiger partial charge in [-0.3, -0.25) is 0 Å². The minimum Gasteiger partial charge on any atom is -0.497 e. The Balaban J connectivity index is 1.36. The molecule has 3 heteroatoms. The van der Waals surface area contributed by atoms with Crippen molar-refractivity contribution < 1.29 is 13.5 Å². The van der Waals surface area contributed by atoms with Gasteiger partial charge in [0.05, 0.1) is 12.7 Å². The van der Waals surface area contributed by atoms with E-state index in [1.165, 1.54) is 64.2 Å². The highest BCUT2D eigenvalue weighted by atomic mass is 19.1. The first-order valence-electron chi connectivity index (χ1n) is 13.2. The fourth-order valence-corrected chi connectivity index (χ4v) is 6.45. The summed E-state index contributed by atoms with van der Waals surface area (Å²) in [4.78, 5) is 0. The van der Waals surface area contributed by atoms with Crippen molar-refractivity contribution in [1.82, 2.24) is 0 Å². The van der Waals surface area contributed by atoms with Gasteiger partial charge in [-0.05, 0) is 91.2 Å². The van der Waals surface area contributed by atoms with Gasteiger partial charge in [-0.25, -0.2) is 8.78 Å². The largest absolute Gasteiger partial charge is 0.497 e. The summed E-state index contributed by atoms with van der Waals surface area (Å²) in [5.74, 6) is 2.51. The Labute approximate surface area is 198 Å². The quantitative estimate of drug-likeness (QED) is 0.343. The summed E-state index contributed by atoms with van der Waals surface area (Å²) in [6.07, 6.45) is 15.7. The first kappa shape index (κ1) is 24.2. The van der Waals surface area contributed by atoms with E-state index in [2.05, 4.69) is 6.92 Å². The Morgan fingerprint density at radius 3 is 2.18 bits per heavy atom. The Kier molecular flexibility index (Phi) is 8.44. The van der Waals surface area contributed by atoms with Crippen molar-refractivity contribution in [2.75, 3.05) is 7.11 Å². The van der Waals surface area contributed by atoms with E-state index in [-0.39, 0.29) is 11.5 Å². The van der Waals surface area contributed by atoms with Crippen LogP contribution in [0.3, 0.4) is 0 Å². The number of methoxy groups -OCH3 is 1. The van der Waals surface area contributed by atoms with Crippen molar-refractivity contribution in [1.29, 1.82) is 0 Å². The molecule has 2 aliphatic rings. The van der Waals surface area contributed by atoms with Crippen LogP contribution in [0.25, 0.3) is 11.1 Å². The number of hydrogen-bond acceptors (Lipinski definition) is 1. The lowest BCUT2D eigenvalue weighted by Crippen LogP contribution is -2.30. The summed E-state index contributed by atoms with van der Waals surface area (Å²) >= 11 is 0. The number of ether oxygens (including phenoxy) is 1. The molecule has 0 radical (unpaired) electrons. The highest BCUT2D eigenvalue weighted by Crippen LogP contribution is 2.49. The van der Waals surface area contributed by atoms with Crippen molar-refractivity contribution >= 4 is 0 Å². The van der Waals surface area contributed by atoms with Crippen LogP contribution in [-0.2, 0) is 0 Å². The molecule has 0 heterocycles. The molecule has 33 heavy (non-hydrogen) atoms. The third kappa shape index (κ3) is 5.97. The second-order valence-electron chi connectivity index (χ2n) is 10.5. The molecule has 0 N–H and O–H groups in total. The summed E-state index contributed by atoms with van der Waals surface area (Å²) < 4.78 is 35.2. The predicted molar refractivity (Wildman–Crippen MR) is 133 cm³/mol. The third-order valence-corrected chi connectivity index (χ3v) is 8.35. The fraction of sp³-hybridized carbons (Fsp3) is 0.600. The predicted octanol–water partition coefficient (Wildman–Crippen LogP) is 9.30. The zero-order valence-electron chi connectivity index (χ0n) is 20.4. The van der Waals surface area contributed by atoms with Crippen molar-refractivity contribution in [3.8, 4) is 16.9 Å². The monoisotopic (exact) mass is 454 g/mol. The molecule has 180 valence electrons. The average Bonchev–Trinajstić information content (AvgIpc) is 2.83. The van der Waals surface area contributed by atoms with Gasteiger partial charge in [0.25, 0.3) is 0 Å². The molecule has 0 bridgehead atoms. The highest BCUT2D eigenvalue weighted by molar-refractivity contribution is 5.66. The van der Waals surface area contributed by atoms with Gasteiger partial charge in [0.2, 0.25) is 0 Å². The van der Waals surface area contributed by atoms with Crippen LogP contribution >= 0.6 is 0 Å². The minimum atomic E-state index is -0.455. The standard InChI is InChI=1S/C30H40F2O/c1-3-4-5-6-7-8-21-9-10-24-18-25(12-11-23(24)17-21)26-19-28(31)30(29(32)20-26)22-13-15-27(33-2)16-14-22/h13-16,19-21,23-25H,3-12,17-18H2,1-2H3/t21?,23-,24-,25-/m1/s1. The molecule has 0 aromatic heterocycles. The summed E-state index contributed by atoms with van der Waals surface area (Å²) in [6.45, 7) is 2.27. The van der Waals surface area contributed by atoms with E-state index in [9.17, 15) is 0 Å². The lowest BCUT2D eigenvalue weighted by atomic mass is 9.63. The van der Waals surface area contributed by atoms with E-state index in [1.54, 1.807) is 43.5 Å². The molecule has 2 aromatic rings. The maximum Gasteiger partial charge on any atom is 0.134 e. The summed E-state index contributed by atoms with van der Waals surface area (Å²) in [6, 6.07) is 10.1. The van der Waals surface area contributed by atoms with Gasteiger partial charge >= 0.3 is 0 Å². The molecule has 4 rings (SSSR count). The Bertz CT molecular complexity index is 868. The number of fused-ring (bicyclic) bond motifs is 1. The van der Waals surface area contributed by atoms with Crippen molar-refractivity contribution in [2.24, 2.45) is 17.8 Å². The smallest absolute Gasteiger partial charge is 0.134 e. The van der Waals surface area contributed by atoms with Crippen LogP contribution in [0.2, 0.25) is 0 Å². The first-order chi connectivity index (χ1) is 16.1. The van der Waals surface area contributed by atoms with Crippen molar-refractivity contribution in [2.45, 2.75) is 89.9 Å². The highest BCUT2D eigenvalue weighted by Gasteiger charge is 2.36. The lowest BCUT2D eigenvalue weighted by Gasteiger charge is -2.42. The van der Waals surface area contributed by atoms with E-state index in [1.807, 2.05) is 0 Å². The molecule has 2 aliphatic carbocycles. The van der Waals surface area contributed by atoms with Gasteiger partial charge in [0.1, 0.15) is 17.4 Å². The van der Waals surface area contributed by atoms with Crippen molar-refractivity contribution in [3.63, 3.8) is 0 Å². The van der Waals surface area contributed by atoms with E-state index >= 15 is 8.78 Å². The molecule has 4 atom stereocenters. The summed E-state index contributed by atoms with van der Waals surface area (Å²) in [5.41, 5.74) is 1.46. The first-order valence-corrected chi connectivity index (χ1v) is 13.2. The number of benzene rings is 2. The van der Waals surface area contributed by atoms with Crippen molar-refractivity contribution in [3.05, 3.63) is 53.6 Å². The van der Waals surface area contributed by atoms with Gasteiger partial charge in [-0.2, -0.15) is 0 Å². The third-order valence-electron chi connectivity index (χ3n) is 8.35. The molecular weight excluding hydrogens is 414 g/mol. The van der Waals surface area contributed by atoms with E-state index < -0.39 is 11.6 Å². The Morgan fingerprint density at radius 2 is 1.48 bits per heavy atom.